The molecule has 7 heteroatoms. The molecular weight excluding hydrogens is 292 g/mol. The van der Waals surface area contributed by atoms with Gasteiger partial charge in [-0.15, -0.1) is 0 Å². The zero-order chi connectivity index (χ0) is 15.6. The van der Waals surface area contributed by atoms with Crippen LogP contribution in [0.5, 0.6) is 0 Å². The van der Waals surface area contributed by atoms with Gasteiger partial charge in [0, 0.05) is 38.9 Å². The molecule has 1 aromatic rings. The van der Waals surface area contributed by atoms with Crippen molar-refractivity contribution in [2.75, 3.05) is 38.5 Å². The molecule has 116 valence electrons. The van der Waals surface area contributed by atoms with E-state index in [0.717, 1.165) is 13.1 Å². The molecule has 3 N–H and O–H groups in total. The molecule has 0 radical (unpaired) electrons. The quantitative estimate of drug-likeness (QED) is 0.864. The number of aromatic nitrogens is 1. The number of amides is 1. The number of β-amino-alcohol motifs (C(OH)–C–C–N with tert-alkyl or cyclic N) is 1. The van der Waals surface area contributed by atoms with Crippen LogP contribution in [-0.2, 0) is 0 Å². The van der Waals surface area contributed by atoms with Crippen molar-refractivity contribution >= 4 is 23.3 Å². The predicted molar refractivity (Wildman–Crippen MR) is 82.3 cm³/mol. The number of carbonyl (C=O) groups is 1. The highest BCUT2D eigenvalue weighted by Crippen LogP contribution is 2.18. The molecule has 0 spiro atoms. The van der Waals surface area contributed by atoms with Gasteiger partial charge in [0.1, 0.15) is 5.82 Å². The molecule has 0 aliphatic carbocycles. The summed E-state index contributed by atoms with van der Waals surface area (Å²) in [6.07, 6.45) is 1.45. The van der Waals surface area contributed by atoms with Crippen LogP contribution in [0.1, 0.15) is 24.2 Å². The molecule has 0 atom stereocenters. The maximum atomic E-state index is 12.4. The lowest BCUT2D eigenvalue weighted by Crippen LogP contribution is -2.52. The van der Waals surface area contributed by atoms with E-state index in [1.54, 1.807) is 24.8 Å². The highest BCUT2D eigenvalue weighted by atomic mass is 35.5. The van der Waals surface area contributed by atoms with Crippen LogP contribution in [0.15, 0.2) is 12.3 Å². The van der Waals surface area contributed by atoms with Gasteiger partial charge in [0.2, 0.25) is 0 Å². The molecule has 0 unspecified atom stereocenters. The van der Waals surface area contributed by atoms with E-state index in [2.05, 4.69) is 9.88 Å². The summed E-state index contributed by atoms with van der Waals surface area (Å²) in [6.45, 7) is 6.90. The van der Waals surface area contributed by atoms with Gasteiger partial charge in [-0.05, 0) is 19.9 Å². The molecule has 1 saturated heterocycles. The fraction of sp³-hybridized carbons (Fsp3) is 0.571. The topological polar surface area (TPSA) is 82.7 Å². The van der Waals surface area contributed by atoms with E-state index in [4.69, 9.17) is 17.3 Å². The number of nitrogen functional groups attached to an aromatic ring is 1. The molecule has 6 nitrogen and oxygen atoms in total. The molecule has 21 heavy (non-hydrogen) atoms. The molecule has 1 aliphatic heterocycles. The van der Waals surface area contributed by atoms with Crippen molar-refractivity contribution in [3.05, 3.63) is 22.8 Å². The monoisotopic (exact) mass is 312 g/mol. The van der Waals surface area contributed by atoms with Gasteiger partial charge >= 0.3 is 0 Å². The average molecular weight is 313 g/mol. The lowest BCUT2D eigenvalue weighted by atomic mass is 10.1. The average Bonchev–Trinajstić information content (AvgIpc) is 2.40. The fourth-order valence-corrected chi connectivity index (χ4v) is 2.57. The SMILES string of the molecule is CC(C)(O)CN1CCN(C(=O)c2cnc(N)c(Cl)c2)CC1. The van der Waals surface area contributed by atoms with Gasteiger partial charge in [0.05, 0.1) is 16.2 Å². The maximum absolute atomic E-state index is 12.4. The van der Waals surface area contributed by atoms with E-state index in [1.807, 2.05) is 0 Å². The van der Waals surface area contributed by atoms with E-state index in [0.29, 0.717) is 30.2 Å². The van der Waals surface area contributed by atoms with E-state index in [-0.39, 0.29) is 11.7 Å². The Labute approximate surface area is 129 Å². The van der Waals surface area contributed by atoms with Crippen molar-refractivity contribution in [1.82, 2.24) is 14.8 Å². The normalized spacial score (nSPS) is 17.0. The molecule has 2 rings (SSSR count). The Morgan fingerprint density at radius 3 is 2.57 bits per heavy atom. The van der Waals surface area contributed by atoms with Crippen LogP contribution < -0.4 is 5.73 Å². The molecule has 0 aromatic carbocycles. The third kappa shape index (κ3) is 4.30. The van der Waals surface area contributed by atoms with E-state index >= 15 is 0 Å². The first-order valence-corrected chi connectivity index (χ1v) is 7.29. The van der Waals surface area contributed by atoms with Gasteiger partial charge in [-0.25, -0.2) is 4.98 Å². The Balaban J connectivity index is 1.95. The van der Waals surface area contributed by atoms with Gasteiger partial charge in [0.15, 0.2) is 0 Å². The summed E-state index contributed by atoms with van der Waals surface area (Å²) in [4.78, 5) is 20.2. The number of nitrogens with zero attached hydrogens (tertiary/aromatic N) is 3. The number of anilines is 1. The predicted octanol–water partition coefficient (Wildman–Crippen LogP) is 0.846. The second-order valence-electron chi connectivity index (χ2n) is 5.97. The lowest BCUT2D eigenvalue weighted by Gasteiger charge is -2.37. The first-order chi connectivity index (χ1) is 9.76. The molecule has 2 heterocycles. The van der Waals surface area contributed by atoms with Crippen LogP contribution in [0.4, 0.5) is 5.82 Å². The Kier molecular flexibility index (Phi) is 4.70. The summed E-state index contributed by atoms with van der Waals surface area (Å²) in [5.41, 5.74) is 5.27. The van der Waals surface area contributed by atoms with Crippen molar-refractivity contribution in [3.8, 4) is 0 Å². The minimum Gasteiger partial charge on any atom is -0.389 e. The van der Waals surface area contributed by atoms with Crippen LogP contribution in [0.2, 0.25) is 5.02 Å². The van der Waals surface area contributed by atoms with Crippen LogP contribution in [0, 0.1) is 0 Å². The number of hydrogen-bond donors (Lipinski definition) is 2. The summed E-state index contributed by atoms with van der Waals surface area (Å²) >= 11 is 5.90. The van der Waals surface area contributed by atoms with Crippen molar-refractivity contribution < 1.29 is 9.90 Å². The summed E-state index contributed by atoms with van der Waals surface area (Å²) in [7, 11) is 0. The van der Waals surface area contributed by atoms with Crippen molar-refractivity contribution in [3.63, 3.8) is 0 Å². The second kappa shape index (κ2) is 6.17. The van der Waals surface area contributed by atoms with Gasteiger partial charge in [-0.2, -0.15) is 0 Å². The number of carbonyl (C=O) groups excluding carboxylic acids is 1. The van der Waals surface area contributed by atoms with Gasteiger partial charge in [0.25, 0.3) is 5.91 Å². The largest absolute Gasteiger partial charge is 0.389 e. The Hall–Kier alpha value is -1.37. The van der Waals surface area contributed by atoms with Gasteiger partial charge in [-0.1, -0.05) is 11.6 Å². The minimum atomic E-state index is -0.722. The number of hydrogen-bond acceptors (Lipinski definition) is 5. The van der Waals surface area contributed by atoms with Crippen LogP contribution in [0.25, 0.3) is 0 Å². The van der Waals surface area contributed by atoms with Crippen LogP contribution in [-0.4, -0.2) is 64.1 Å². The number of piperazine rings is 1. The fourth-order valence-electron chi connectivity index (χ4n) is 2.40. The molecule has 1 aromatic heterocycles. The standard InChI is InChI=1S/C14H21ClN4O2/c1-14(2,21)9-18-3-5-19(6-4-18)13(20)10-7-11(15)12(16)17-8-10/h7-8,21H,3-6,9H2,1-2H3,(H2,16,17). The number of pyridine rings is 1. The van der Waals surface area contributed by atoms with E-state index in [9.17, 15) is 9.90 Å². The Morgan fingerprint density at radius 1 is 1.43 bits per heavy atom. The maximum Gasteiger partial charge on any atom is 0.255 e. The second-order valence-corrected chi connectivity index (χ2v) is 6.38. The van der Waals surface area contributed by atoms with Crippen molar-refractivity contribution in [1.29, 1.82) is 0 Å². The van der Waals surface area contributed by atoms with Crippen LogP contribution >= 0.6 is 11.6 Å². The minimum absolute atomic E-state index is 0.0905. The summed E-state index contributed by atoms with van der Waals surface area (Å²) in [5.74, 6) is 0.135. The Bertz CT molecular complexity index is 522. The number of nitrogens with two attached hydrogens (primary N) is 1. The zero-order valence-corrected chi connectivity index (χ0v) is 13.1. The molecule has 0 bridgehead atoms. The van der Waals surface area contributed by atoms with Crippen LogP contribution in [0.3, 0.4) is 0 Å². The summed E-state index contributed by atoms with van der Waals surface area (Å²) < 4.78 is 0. The molecule has 0 saturated carbocycles. The summed E-state index contributed by atoms with van der Waals surface area (Å²) in [5, 5.41) is 10.1. The smallest absolute Gasteiger partial charge is 0.255 e. The highest BCUT2D eigenvalue weighted by molar-refractivity contribution is 6.33. The van der Waals surface area contributed by atoms with Crippen molar-refractivity contribution in [2.45, 2.75) is 19.4 Å². The van der Waals surface area contributed by atoms with Crippen molar-refractivity contribution in [2.24, 2.45) is 0 Å². The summed E-state index contributed by atoms with van der Waals surface area (Å²) in [6, 6.07) is 1.55. The van der Waals surface area contributed by atoms with E-state index < -0.39 is 5.60 Å². The third-order valence-electron chi connectivity index (χ3n) is 3.39. The first-order valence-electron chi connectivity index (χ1n) is 6.91. The lowest BCUT2D eigenvalue weighted by molar-refractivity contribution is 0.0178. The molecule has 1 amide bonds. The van der Waals surface area contributed by atoms with Gasteiger partial charge in [-0.3, -0.25) is 9.69 Å². The first kappa shape index (κ1) is 16.0. The third-order valence-corrected chi connectivity index (χ3v) is 3.69. The highest BCUT2D eigenvalue weighted by Gasteiger charge is 2.25. The molecule has 1 fully saturated rings. The molecular formula is C14H21ClN4O2. The molecule has 1 aliphatic rings. The number of rotatable bonds is 3. The zero-order valence-electron chi connectivity index (χ0n) is 12.3. The number of aliphatic hydroxyl groups is 1. The number of halogens is 1. The Morgan fingerprint density at radius 2 is 2.05 bits per heavy atom. The van der Waals surface area contributed by atoms with Gasteiger partial charge < -0.3 is 15.7 Å². The van der Waals surface area contributed by atoms with E-state index in [1.165, 1.54) is 6.20 Å².